The maximum absolute atomic E-state index is 12.4. The van der Waals surface area contributed by atoms with Crippen molar-refractivity contribution in [2.24, 2.45) is 5.92 Å². The minimum absolute atomic E-state index is 0.00928. The van der Waals surface area contributed by atoms with Crippen molar-refractivity contribution < 1.29 is 14.7 Å². The molecular weight excluding hydrogens is 290 g/mol. The number of nitrogens with zero attached hydrogens (tertiary/aromatic N) is 1. The highest BCUT2D eigenvalue weighted by molar-refractivity contribution is 6.30. The summed E-state index contributed by atoms with van der Waals surface area (Å²) >= 11 is 6.04. The first-order valence-electron chi connectivity index (χ1n) is 7.02. The lowest BCUT2D eigenvalue weighted by molar-refractivity contribution is -0.156. The molecule has 0 saturated carbocycles. The molecule has 2 atom stereocenters. The summed E-state index contributed by atoms with van der Waals surface area (Å²) in [6.07, 6.45) is 0.628. The molecule has 5 heteroatoms. The van der Waals surface area contributed by atoms with Crippen molar-refractivity contribution in [2.75, 3.05) is 0 Å². The summed E-state index contributed by atoms with van der Waals surface area (Å²) in [4.78, 5) is 25.7. The Bertz CT molecular complexity index is 565. The number of amides is 1. The van der Waals surface area contributed by atoms with E-state index in [-0.39, 0.29) is 12.3 Å². The molecule has 21 heavy (non-hydrogen) atoms. The molecule has 1 saturated heterocycles. The Morgan fingerprint density at radius 2 is 2.05 bits per heavy atom. The van der Waals surface area contributed by atoms with Crippen molar-refractivity contribution in [1.82, 2.24) is 4.90 Å². The summed E-state index contributed by atoms with van der Waals surface area (Å²) in [5, 5.41) is 10.1. The molecule has 2 rings (SSSR count). The fourth-order valence-corrected chi connectivity index (χ4v) is 3.21. The third kappa shape index (κ3) is 3.21. The SMILES string of the molecule is CC(C)(C)N1C(=O)CCC(C(=O)O)C1c1cccc(Cl)c1. The van der Waals surface area contributed by atoms with Gasteiger partial charge in [0.15, 0.2) is 0 Å². The molecule has 0 bridgehead atoms. The van der Waals surface area contributed by atoms with Gasteiger partial charge in [0.25, 0.3) is 0 Å². The fourth-order valence-electron chi connectivity index (χ4n) is 3.01. The summed E-state index contributed by atoms with van der Waals surface area (Å²) in [5.41, 5.74) is 0.330. The van der Waals surface area contributed by atoms with Crippen LogP contribution in [0.1, 0.15) is 45.2 Å². The lowest BCUT2D eigenvalue weighted by Crippen LogP contribution is -2.53. The number of benzene rings is 1. The maximum Gasteiger partial charge on any atom is 0.308 e. The first-order chi connectivity index (χ1) is 9.71. The summed E-state index contributed by atoms with van der Waals surface area (Å²) < 4.78 is 0. The number of carbonyl (C=O) groups excluding carboxylic acids is 1. The first kappa shape index (κ1) is 15.8. The highest BCUT2D eigenvalue weighted by Crippen LogP contribution is 2.41. The molecular formula is C16H20ClNO3. The van der Waals surface area contributed by atoms with Crippen molar-refractivity contribution in [3.8, 4) is 0 Å². The molecule has 1 heterocycles. The van der Waals surface area contributed by atoms with Gasteiger partial charge in [-0.05, 0) is 44.9 Å². The predicted octanol–water partition coefficient (Wildman–Crippen LogP) is 3.50. The van der Waals surface area contributed by atoms with Crippen LogP contribution in [0.2, 0.25) is 5.02 Å². The van der Waals surface area contributed by atoms with Crippen LogP contribution < -0.4 is 0 Å². The number of hydrogen-bond donors (Lipinski definition) is 1. The van der Waals surface area contributed by atoms with Crippen LogP contribution >= 0.6 is 11.6 Å². The predicted molar refractivity (Wildman–Crippen MR) is 81.2 cm³/mol. The van der Waals surface area contributed by atoms with Gasteiger partial charge in [0.2, 0.25) is 5.91 Å². The molecule has 1 aliphatic rings. The average Bonchev–Trinajstić information content (AvgIpc) is 2.36. The highest BCUT2D eigenvalue weighted by Gasteiger charge is 2.44. The van der Waals surface area contributed by atoms with Gasteiger partial charge in [0, 0.05) is 17.0 Å². The highest BCUT2D eigenvalue weighted by atomic mass is 35.5. The monoisotopic (exact) mass is 309 g/mol. The molecule has 0 spiro atoms. The Morgan fingerprint density at radius 3 is 2.57 bits per heavy atom. The van der Waals surface area contributed by atoms with Gasteiger partial charge in [-0.2, -0.15) is 0 Å². The van der Waals surface area contributed by atoms with Crippen LogP contribution in [0.25, 0.3) is 0 Å². The lowest BCUT2D eigenvalue weighted by atomic mass is 9.81. The smallest absolute Gasteiger partial charge is 0.308 e. The number of hydrogen-bond acceptors (Lipinski definition) is 2. The quantitative estimate of drug-likeness (QED) is 0.909. The minimum Gasteiger partial charge on any atom is -0.481 e. The Balaban J connectivity index is 2.54. The Labute approximate surface area is 129 Å². The van der Waals surface area contributed by atoms with E-state index in [1.807, 2.05) is 26.8 Å². The Kier molecular flexibility index (Phi) is 4.28. The van der Waals surface area contributed by atoms with Gasteiger partial charge in [-0.25, -0.2) is 0 Å². The molecule has 1 N–H and O–H groups in total. The van der Waals surface area contributed by atoms with E-state index in [0.29, 0.717) is 11.4 Å². The summed E-state index contributed by atoms with van der Waals surface area (Å²) in [7, 11) is 0. The van der Waals surface area contributed by atoms with E-state index in [1.165, 1.54) is 0 Å². The van der Waals surface area contributed by atoms with Crippen molar-refractivity contribution >= 4 is 23.5 Å². The minimum atomic E-state index is -0.873. The largest absolute Gasteiger partial charge is 0.481 e. The summed E-state index contributed by atoms with van der Waals surface area (Å²) in [6.45, 7) is 5.77. The van der Waals surface area contributed by atoms with E-state index < -0.39 is 23.5 Å². The molecule has 0 aliphatic carbocycles. The number of halogens is 1. The zero-order valence-electron chi connectivity index (χ0n) is 12.5. The first-order valence-corrected chi connectivity index (χ1v) is 7.40. The topological polar surface area (TPSA) is 57.6 Å². The molecule has 1 aliphatic heterocycles. The van der Waals surface area contributed by atoms with E-state index in [9.17, 15) is 14.7 Å². The van der Waals surface area contributed by atoms with E-state index in [0.717, 1.165) is 5.56 Å². The van der Waals surface area contributed by atoms with E-state index in [1.54, 1.807) is 23.1 Å². The van der Waals surface area contributed by atoms with E-state index >= 15 is 0 Å². The third-order valence-electron chi connectivity index (χ3n) is 3.83. The van der Waals surface area contributed by atoms with Gasteiger partial charge in [0.05, 0.1) is 12.0 Å². The Morgan fingerprint density at radius 1 is 1.38 bits per heavy atom. The van der Waals surface area contributed by atoms with Gasteiger partial charge < -0.3 is 10.0 Å². The fraction of sp³-hybridized carbons (Fsp3) is 0.500. The number of piperidine rings is 1. The molecule has 1 aromatic carbocycles. The standard InChI is InChI=1S/C16H20ClNO3/c1-16(2,3)18-13(19)8-7-12(15(20)21)14(18)10-5-4-6-11(17)9-10/h4-6,9,12,14H,7-8H2,1-3H3,(H,20,21). The lowest BCUT2D eigenvalue weighted by Gasteiger charge is -2.47. The second-order valence-electron chi connectivity index (χ2n) is 6.42. The third-order valence-corrected chi connectivity index (χ3v) is 4.06. The van der Waals surface area contributed by atoms with Gasteiger partial charge in [0.1, 0.15) is 0 Å². The zero-order chi connectivity index (χ0) is 15.8. The van der Waals surface area contributed by atoms with Crippen molar-refractivity contribution in [3.63, 3.8) is 0 Å². The molecule has 2 unspecified atom stereocenters. The Hall–Kier alpha value is -1.55. The second kappa shape index (κ2) is 5.68. The number of rotatable bonds is 2. The van der Waals surface area contributed by atoms with Crippen LogP contribution in [0.15, 0.2) is 24.3 Å². The van der Waals surface area contributed by atoms with Crippen molar-refractivity contribution in [2.45, 2.75) is 45.2 Å². The van der Waals surface area contributed by atoms with Crippen LogP contribution in [-0.2, 0) is 9.59 Å². The summed E-state index contributed by atoms with van der Waals surface area (Å²) in [5.74, 6) is -1.49. The van der Waals surface area contributed by atoms with Gasteiger partial charge in [-0.1, -0.05) is 23.7 Å². The molecule has 1 aromatic rings. The maximum atomic E-state index is 12.4. The molecule has 0 aromatic heterocycles. The van der Waals surface area contributed by atoms with E-state index in [2.05, 4.69) is 0 Å². The normalized spacial score (nSPS) is 23.2. The van der Waals surface area contributed by atoms with Crippen LogP contribution in [0.5, 0.6) is 0 Å². The number of likely N-dealkylation sites (tertiary alicyclic amines) is 1. The van der Waals surface area contributed by atoms with Crippen LogP contribution in [0.4, 0.5) is 0 Å². The van der Waals surface area contributed by atoms with Crippen molar-refractivity contribution in [1.29, 1.82) is 0 Å². The molecule has 4 nitrogen and oxygen atoms in total. The average molecular weight is 310 g/mol. The van der Waals surface area contributed by atoms with Gasteiger partial charge in [-0.15, -0.1) is 0 Å². The molecule has 1 amide bonds. The number of carboxylic acids is 1. The molecule has 1 fully saturated rings. The van der Waals surface area contributed by atoms with Crippen LogP contribution in [0.3, 0.4) is 0 Å². The zero-order valence-corrected chi connectivity index (χ0v) is 13.2. The van der Waals surface area contributed by atoms with Crippen LogP contribution in [0, 0.1) is 5.92 Å². The molecule has 0 radical (unpaired) electrons. The number of aliphatic carboxylic acids is 1. The molecule has 114 valence electrons. The van der Waals surface area contributed by atoms with Gasteiger partial charge >= 0.3 is 5.97 Å². The van der Waals surface area contributed by atoms with Crippen LogP contribution in [-0.4, -0.2) is 27.4 Å². The number of carboxylic acid groups (broad SMARTS) is 1. The van der Waals surface area contributed by atoms with Gasteiger partial charge in [-0.3, -0.25) is 9.59 Å². The van der Waals surface area contributed by atoms with Crippen molar-refractivity contribution in [3.05, 3.63) is 34.9 Å². The summed E-state index contributed by atoms with van der Waals surface area (Å²) in [6, 6.07) is 6.63. The number of carbonyl (C=O) groups is 2. The van der Waals surface area contributed by atoms with E-state index in [4.69, 9.17) is 11.6 Å². The second-order valence-corrected chi connectivity index (χ2v) is 6.85.